The van der Waals surface area contributed by atoms with Gasteiger partial charge < -0.3 is 10.6 Å². The summed E-state index contributed by atoms with van der Waals surface area (Å²) in [6.07, 6.45) is 5.73. The average Bonchev–Trinajstić information content (AvgIpc) is 3.20. The third kappa shape index (κ3) is 5.65. The zero-order valence-electron chi connectivity index (χ0n) is 17.7. The smallest absolute Gasteiger partial charge is 0.269 e. The number of thioether (sulfide) groups is 1. The molecule has 0 fully saturated rings. The van der Waals surface area contributed by atoms with Gasteiger partial charge in [-0.1, -0.05) is 29.5 Å². The maximum Gasteiger partial charge on any atom is 0.269 e. The van der Waals surface area contributed by atoms with Crippen LogP contribution in [0, 0.1) is 10.1 Å². The molecule has 33 heavy (non-hydrogen) atoms. The predicted octanol–water partition coefficient (Wildman–Crippen LogP) is 5.54. The van der Waals surface area contributed by atoms with Crippen molar-refractivity contribution < 1.29 is 14.5 Å². The summed E-state index contributed by atoms with van der Waals surface area (Å²) in [5.74, 6) is -0.199. The fourth-order valence-corrected chi connectivity index (χ4v) is 5.19. The summed E-state index contributed by atoms with van der Waals surface area (Å²) in [6.45, 7) is 1.98. The van der Waals surface area contributed by atoms with Crippen molar-refractivity contribution in [2.75, 3.05) is 16.4 Å². The van der Waals surface area contributed by atoms with Crippen molar-refractivity contribution >= 4 is 62.2 Å². The molecule has 1 heterocycles. The summed E-state index contributed by atoms with van der Waals surface area (Å²) in [7, 11) is 0. The summed E-state index contributed by atoms with van der Waals surface area (Å²) in [4.78, 5) is 39.6. The Labute approximate surface area is 197 Å². The van der Waals surface area contributed by atoms with Crippen LogP contribution in [0.2, 0.25) is 0 Å². The van der Waals surface area contributed by atoms with Crippen LogP contribution in [0.25, 0.3) is 10.2 Å². The van der Waals surface area contributed by atoms with E-state index in [1.807, 2.05) is 37.3 Å². The standard InChI is InChI=1S/C23H20N4O4S2/c1-14-4-2-3-5-18(14)22(29)25-16-8-11-19-20(12-16)33-23(26-19)32-13-21(28)24-15-6-9-17(10-7-15)27(30)31/h3,5-12H,2,4,13H2,1H3,(H,24,28)(H,25,29). The molecule has 8 nitrogen and oxygen atoms in total. The Morgan fingerprint density at radius 2 is 1.91 bits per heavy atom. The first kappa shape index (κ1) is 22.7. The minimum atomic E-state index is -0.489. The summed E-state index contributed by atoms with van der Waals surface area (Å²) in [5, 5.41) is 16.4. The Morgan fingerprint density at radius 3 is 2.64 bits per heavy atom. The van der Waals surface area contributed by atoms with Gasteiger partial charge >= 0.3 is 0 Å². The van der Waals surface area contributed by atoms with E-state index in [4.69, 9.17) is 0 Å². The maximum atomic E-state index is 12.6. The lowest BCUT2D eigenvalue weighted by Gasteiger charge is -2.12. The molecule has 0 unspecified atom stereocenters. The third-order valence-electron chi connectivity index (χ3n) is 4.99. The van der Waals surface area contributed by atoms with Gasteiger partial charge in [0.2, 0.25) is 5.91 Å². The van der Waals surface area contributed by atoms with Gasteiger partial charge in [-0.2, -0.15) is 0 Å². The zero-order valence-corrected chi connectivity index (χ0v) is 19.3. The molecule has 2 aromatic carbocycles. The Hall–Kier alpha value is -3.50. The van der Waals surface area contributed by atoms with Crippen molar-refractivity contribution in [1.82, 2.24) is 4.98 Å². The monoisotopic (exact) mass is 480 g/mol. The number of carbonyl (C=O) groups excluding carboxylic acids is 2. The van der Waals surface area contributed by atoms with Gasteiger partial charge in [-0.3, -0.25) is 19.7 Å². The number of hydrogen-bond donors (Lipinski definition) is 2. The number of non-ortho nitro benzene ring substituents is 1. The maximum absolute atomic E-state index is 12.6. The van der Waals surface area contributed by atoms with Gasteiger partial charge in [-0.15, -0.1) is 11.3 Å². The lowest BCUT2D eigenvalue weighted by atomic mass is 9.98. The van der Waals surface area contributed by atoms with Crippen molar-refractivity contribution in [3.63, 3.8) is 0 Å². The third-order valence-corrected chi connectivity index (χ3v) is 7.15. The lowest BCUT2D eigenvalue weighted by molar-refractivity contribution is -0.384. The summed E-state index contributed by atoms with van der Waals surface area (Å²) in [6, 6.07) is 11.2. The van der Waals surface area contributed by atoms with Crippen molar-refractivity contribution in [1.29, 1.82) is 0 Å². The Balaban J connectivity index is 1.36. The molecule has 0 atom stereocenters. The Morgan fingerprint density at radius 1 is 1.15 bits per heavy atom. The predicted molar refractivity (Wildman–Crippen MR) is 132 cm³/mol. The molecular formula is C23H20N4O4S2. The van der Waals surface area contributed by atoms with Gasteiger partial charge in [0.15, 0.2) is 4.34 Å². The number of nitro benzene ring substituents is 1. The van der Waals surface area contributed by atoms with E-state index in [1.54, 1.807) is 0 Å². The highest BCUT2D eigenvalue weighted by Gasteiger charge is 2.14. The number of allylic oxidation sites excluding steroid dienone is 2. The molecule has 0 bridgehead atoms. The second-order valence-corrected chi connectivity index (χ2v) is 9.65. The van der Waals surface area contributed by atoms with Gasteiger partial charge in [-0.05, 0) is 50.1 Å². The van der Waals surface area contributed by atoms with Gasteiger partial charge in [0.1, 0.15) is 0 Å². The number of rotatable bonds is 7. The molecule has 1 aliphatic rings. The molecule has 2 N–H and O–H groups in total. The number of thiazole rings is 1. The molecule has 0 aliphatic heterocycles. The van der Waals surface area contributed by atoms with Crippen LogP contribution in [-0.2, 0) is 9.59 Å². The van der Waals surface area contributed by atoms with E-state index in [0.717, 1.165) is 33.0 Å². The van der Waals surface area contributed by atoms with Crippen LogP contribution < -0.4 is 10.6 Å². The second-order valence-electron chi connectivity index (χ2n) is 7.39. The minimum Gasteiger partial charge on any atom is -0.325 e. The number of aromatic nitrogens is 1. The molecule has 4 rings (SSSR count). The van der Waals surface area contributed by atoms with Gasteiger partial charge in [0.05, 0.1) is 20.9 Å². The van der Waals surface area contributed by atoms with E-state index in [1.165, 1.54) is 47.4 Å². The number of carbonyl (C=O) groups is 2. The van der Waals surface area contributed by atoms with E-state index in [9.17, 15) is 19.7 Å². The van der Waals surface area contributed by atoms with Crippen LogP contribution >= 0.6 is 23.1 Å². The quantitative estimate of drug-likeness (QED) is 0.261. The number of nitrogens with one attached hydrogen (secondary N) is 2. The summed E-state index contributed by atoms with van der Waals surface area (Å²) < 4.78 is 1.65. The number of anilines is 2. The van der Waals surface area contributed by atoms with Crippen molar-refractivity contribution in [3.05, 3.63) is 75.9 Å². The first-order valence-electron chi connectivity index (χ1n) is 10.1. The van der Waals surface area contributed by atoms with E-state index in [-0.39, 0.29) is 23.3 Å². The van der Waals surface area contributed by atoms with Crippen LogP contribution in [0.4, 0.5) is 17.1 Å². The van der Waals surface area contributed by atoms with Crippen molar-refractivity contribution in [2.45, 2.75) is 24.1 Å². The van der Waals surface area contributed by atoms with Crippen LogP contribution in [0.15, 0.2) is 70.1 Å². The summed E-state index contributed by atoms with van der Waals surface area (Å²) in [5.41, 5.74) is 3.75. The molecule has 3 aromatic rings. The molecule has 0 spiro atoms. The lowest BCUT2D eigenvalue weighted by Crippen LogP contribution is -2.15. The second kappa shape index (κ2) is 9.97. The highest BCUT2D eigenvalue weighted by Crippen LogP contribution is 2.32. The van der Waals surface area contributed by atoms with E-state index < -0.39 is 4.92 Å². The zero-order chi connectivity index (χ0) is 23.4. The molecule has 168 valence electrons. The fraction of sp³-hybridized carbons (Fsp3) is 0.174. The molecule has 1 aliphatic carbocycles. The molecule has 0 saturated carbocycles. The number of amides is 2. The highest BCUT2D eigenvalue weighted by atomic mass is 32.2. The van der Waals surface area contributed by atoms with Crippen molar-refractivity contribution in [2.24, 2.45) is 0 Å². The van der Waals surface area contributed by atoms with E-state index in [0.29, 0.717) is 16.9 Å². The minimum absolute atomic E-state index is 0.0329. The number of nitro groups is 1. The van der Waals surface area contributed by atoms with Gasteiger partial charge in [0, 0.05) is 29.1 Å². The highest BCUT2D eigenvalue weighted by molar-refractivity contribution is 8.01. The van der Waals surface area contributed by atoms with Crippen LogP contribution in [-0.4, -0.2) is 27.5 Å². The molecule has 0 radical (unpaired) electrons. The molecular weight excluding hydrogens is 460 g/mol. The fourth-order valence-electron chi connectivity index (χ4n) is 3.28. The number of fused-ring (bicyclic) bond motifs is 1. The number of nitrogens with zero attached hydrogens (tertiary/aromatic N) is 2. The topological polar surface area (TPSA) is 114 Å². The Bertz CT molecular complexity index is 1300. The van der Waals surface area contributed by atoms with E-state index in [2.05, 4.69) is 15.6 Å². The first-order chi connectivity index (χ1) is 15.9. The van der Waals surface area contributed by atoms with Gasteiger partial charge in [0.25, 0.3) is 11.6 Å². The first-order valence-corrected chi connectivity index (χ1v) is 11.9. The normalized spacial score (nSPS) is 13.2. The SMILES string of the molecule is CC1=C(C(=O)Nc2ccc3nc(SCC(=O)Nc4ccc([N+](=O)[O-])cc4)sc3c2)C=CCC1. The average molecular weight is 481 g/mol. The Kier molecular flexibility index (Phi) is 6.85. The van der Waals surface area contributed by atoms with Crippen LogP contribution in [0.3, 0.4) is 0 Å². The number of hydrogen-bond acceptors (Lipinski definition) is 7. The molecule has 2 amide bonds. The number of benzene rings is 2. The molecule has 0 saturated heterocycles. The molecule has 10 heteroatoms. The van der Waals surface area contributed by atoms with Crippen molar-refractivity contribution in [3.8, 4) is 0 Å². The van der Waals surface area contributed by atoms with Gasteiger partial charge in [-0.25, -0.2) is 4.98 Å². The van der Waals surface area contributed by atoms with Crippen LogP contribution in [0.1, 0.15) is 19.8 Å². The summed E-state index contributed by atoms with van der Waals surface area (Å²) >= 11 is 2.76. The largest absolute Gasteiger partial charge is 0.325 e. The van der Waals surface area contributed by atoms with Crippen LogP contribution in [0.5, 0.6) is 0 Å². The molecule has 1 aromatic heterocycles. The van der Waals surface area contributed by atoms with E-state index >= 15 is 0 Å².